The maximum Gasteiger partial charge on any atom is 0.180 e. The first-order valence-corrected chi connectivity index (χ1v) is 4.60. The van der Waals surface area contributed by atoms with E-state index in [-0.39, 0.29) is 5.78 Å². The molecule has 1 heterocycles. The quantitative estimate of drug-likeness (QED) is 0.664. The number of rotatable bonds is 4. The molecule has 0 aliphatic heterocycles. The topological polar surface area (TPSA) is 34.9 Å². The Bertz CT molecular complexity index is 289. The van der Waals surface area contributed by atoms with Crippen LogP contribution in [-0.4, -0.2) is 15.3 Å². The zero-order valence-electron chi connectivity index (χ0n) is 8.45. The van der Waals surface area contributed by atoms with E-state index in [1.54, 1.807) is 17.1 Å². The fraction of sp³-hybridized carbons (Fsp3) is 0.600. The molecule has 3 heteroatoms. The molecule has 1 rings (SSSR count). The molecule has 13 heavy (non-hydrogen) atoms. The summed E-state index contributed by atoms with van der Waals surface area (Å²) in [6, 6.07) is 0. The van der Waals surface area contributed by atoms with E-state index in [4.69, 9.17) is 0 Å². The Kier molecular flexibility index (Phi) is 3.23. The second kappa shape index (κ2) is 4.21. The smallest absolute Gasteiger partial charge is 0.180 e. The first kappa shape index (κ1) is 9.96. The number of hydrogen-bond acceptors (Lipinski definition) is 2. The van der Waals surface area contributed by atoms with Gasteiger partial charge in [0.2, 0.25) is 0 Å². The summed E-state index contributed by atoms with van der Waals surface area (Å²) >= 11 is 0. The molecule has 0 aromatic carbocycles. The minimum atomic E-state index is 0.189. The van der Waals surface area contributed by atoms with Gasteiger partial charge in [0.1, 0.15) is 5.69 Å². The molecule has 0 unspecified atom stereocenters. The Morgan fingerprint density at radius 3 is 2.77 bits per heavy atom. The van der Waals surface area contributed by atoms with Crippen molar-refractivity contribution < 1.29 is 4.79 Å². The molecular weight excluding hydrogens is 164 g/mol. The Balaban J connectivity index is 2.54. The highest BCUT2D eigenvalue weighted by Gasteiger charge is 2.09. The highest BCUT2D eigenvalue weighted by atomic mass is 16.1. The Hall–Kier alpha value is -1.12. The molecule has 1 aromatic heterocycles. The van der Waals surface area contributed by atoms with Crippen LogP contribution in [0.25, 0.3) is 0 Å². The van der Waals surface area contributed by atoms with Crippen molar-refractivity contribution in [3.8, 4) is 0 Å². The van der Waals surface area contributed by atoms with E-state index in [1.807, 2.05) is 7.05 Å². The summed E-state index contributed by atoms with van der Waals surface area (Å²) in [5.41, 5.74) is 0.709. The molecule has 0 fully saturated rings. The van der Waals surface area contributed by atoms with E-state index in [9.17, 15) is 4.79 Å². The van der Waals surface area contributed by atoms with E-state index in [0.29, 0.717) is 18.0 Å². The van der Waals surface area contributed by atoms with E-state index in [0.717, 1.165) is 6.42 Å². The number of carbonyl (C=O) groups excluding carboxylic acids is 1. The summed E-state index contributed by atoms with van der Waals surface area (Å²) in [6.45, 7) is 4.24. The van der Waals surface area contributed by atoms with E-state index >= 15 is 0 Å². The van der Waals surface area contributed by atoms with E-state index < -0.39 is 0 Å². The van der Waals surface area contributed by atoms with Gasteiger partial charge in [-0.15, -0.1) is 0 Å². The third-order valence-corrected chi connectivity index (χ3v) is 2.05. The summed E-state index contributed by atoms with van der Waals surface area (Å²) in [5.74, 6) is 0.769. The van der Waals surface area contributed by atoms with Gasteiger partial charge in [-0.1, -0.05) is 13.8 Å². The van der Waals surface area contributed by atoms with E-state index in [2.05, 4.69) is 18.8 Å². The van der Waals surface area contributed by atoms with Gasteiger partial charge in [-0.05, 0) is 12.3 Å². The molecular formula is C10H16N2O. The van der Waals surface area contributed by atoms with Crippen LogP contribution in [0.1, 0.15) is 37.2 Å². The SMILES string of the molecule is CC(C)CCC(=O)c1cncn1C. The zero-order chi connectivity index (χ0) is 9.84. The maximum absolute atomic E-state index is 11.6. The van der Waals surface area contributed by atoms with Gasteiger partial charge in [0.25, 0.3) is 0 Å². The molecule has 0 aliphatic rings. The van der Waals surface area contributed by atoms with Crippen LogP contribution in [0.5, 0.6) is 0 Å². The van der Waals surface area contributed by atoms with Gasteiger partial charge in [-0.25, -0.2) is 4.98 Å². The molecule has 0 saturated heterocycles. The molecule has 0 bridgehead atoms. The summed E-state index contributed by atoms with van der Waals surface area (Å²) in [7, 11) is 1.84. The first-order valence-electron chi connectivity index (χ1n) is 4.60. The monoisotopic (exact) mass is 180 g/mol. The third-order valence-electron chi connectivity index (χ3n) is 2.05. The number of hydrogen-bond donors (Lipinski definition) is 0. The molecule has 0 amide bonds. The largest absolute Gasteiger partial charge is 0.331 e. The Labute approximate surface area is 78.8 Å². The number of imidazole rings is 1. The van der Waals surface area contributed by atoms with Crippen LogP contribution in [0.3, 0.4) is 0 Å². The molecule has 0 radical (unpaired) electrons. The molecule has 72 valence electrons. The zero-order valence-corrected chi connectivity index (χ0v) is 8.45. The number of ketones is 1. The van der Waals surface area contributed by atoms with Crippen LogP contribution in [-0.2, 0) is 7.05 Å². The molecule has 3 nitrogen and oxygen atoms in total. The normalized spacial score (nSPS) is 10.8. The van der Waals surface area contributed by atoms with Crippen LogP contribution >= 0.6 is 0 Å². The fourth-order valence-electron chi connectivity index (χ4n) is 1.17. The third kappa shape index (κ3) is 2.68. The van der Waals surface area contributed by atoms with Crippen LogP contribution in [0.15, 0.2) is 12.5 Å². The van der Waals surface area contributed by atoms with Crippen molar-refractivity contribution in [1.82, 2.24) is 9.55 Å². The number of nitrogens with zero attached hydrogens (tertiary/aromatic N) is 2. The second-order valence-electron chi connectivity index (χ2n) is 3.75. The molecule has 1 aromatic rings. The van der Waals surface area contributed by atoms with Crippen molar-refractivity contribution >= 4 is 5.78 Å². The summed E-state index contributed by atoms with van der Waals surface area (Å²) in [5, 5.41) is 0. The molecule has 0 aliphatic carbocycles. The van der Waals surface area contributed by atoms with Crippen LogP contribution in [0.4, 0.5) is 0 Å². The van der Waals surface area contributed by atoms with Crippen LogP contribution < -0.4 is 0 Å². The minimum absolute atomic E-state index is 0.189. The second-order valence-corrected chi connectivity index (χ2v) is 3.75. The lowest BCUT2D eigenvalue weighted by Crippen LogP contribution is -2.06. The van der Waals surface area contributed by atoms with Crippen molar-refractivity contribution in [3.63, 3.8) is 0 Å². The summed E-state index contributed by atoms with van der Waals surface area (Å²) in [4.78, 5) is 15.5. The Morgan fingerprint density at radius 1 is 1.62 bits per heavy atom. The standard InChI is InChI=1S/C10H16N2O/c1-8(2)4-5-10(13)9-6-11-7-12(9)3/h6-8H,4-5H2,1-3H3. The van der Waals surface area contributed by atoms with Gasteiger partial charge in [-0.2, -0.15) is 0 Å². The van der Waals surface area contributed by atoms with Crippen molar-refractivity contribution in [3.05, 3.63) is 18.2 Å². The van der Waals surface area contributed by atoms with Gasteiger partial charge >= 0.3 is 0 Å². The molecule has 0 N–H and O–H groups in total. The fourth-order valence-corrected chi connectivity index (χ4v) is 1.17. The van der Waals surface area contributed by atoms with Gasteiger partial charge in [0.15, 0.2) is 5.78 Å². The first-order chi connectivity index (χ1) is 6.11. The molecule has 0 saturated carbocycles. The lowest BCUT2D eigenvalue weighted by Gasteiger charge is -2.03. The van der Waals surface area contributed by atoms with Crippen molar-refractivity contribution in [2.75, 3.05) is 0 Å². The lowest BCUT2D eigenvalue weighted by molar-refractivity contribution is 0.0967. The molecule has 0 spiro atoms. The number of aromatic nitrogens is 2. The van der Waals surface area contributed by atoms with Gasteiger partial charge in [-0.3, -0.25) is 4.79 Å². The number of Topliss-reactive ketones (excluding diaryl/α,β-unsaturated/α-hetero) is 1. The van der Waals surface area contributed by atoms with Crippen LogP contribution in [0, 0.1) is 5.92 Å². The van der Waals surface area contributed by atoms with Crippen molar-refractivity contribution in [2.24, 2.45) is 13.0 Å². The van der Waals surface area contributed by atoms with E-state index in [1.165, 1.54) is 0 Å². The minimum Gasteiger partial charge on any atom is -0.331 e. The van der Waals surface area contributed by atoms with Gasteiger partial charge in [0.05, 0.1) is 12.5 Å². The highest BCUT2D eigenvalue weighted by Crippen LogP contribution is 2.08. The summed E-state index contributed by atoms with van der Waals surface area (Å²) in [6.07, 6.45) is 4.85. The lowest BCUT2D eigenvalue weighted by atomic mass is 10.0. The maximum atomic E-state index is 11.6. The highest BCUT2D eigenvalue weighted by molar-refractivity contribution is 5.94. The van der Waals surface area contributed by atoms with Crippen molar-refractivity contribution in [1.29, 1.82) is 0 Å². The van der Waals surface area contributed by atoms with Gasteiger partial charge < -0.3 is 4.57 Å². The van der Waals surface area contributed by atoms with Crippen LogP contribution in [0.2, 0.25) is 0 Å². The molecule has 0 atom stereocenters. The van der Waals surface area contributed by atoms with Gasteiger partial charge in [0, 0.05) is 13.5 Å². The predicted octanol–water partition coefficient (Wildman–Crippen LogP) is 2.04. The number of aryl methyl sites for hydroxylation is 1. The average molecular weight is 180 g/mol. The predicted molar refractivity (Wildman–Crippen MR) is 51.6 cm³/mol. The average Bonchev–Trinajstić information content (AvgIpc) is 2.47. The Morgan fingerprint density at radius 2 is 2.31 bits per heavy atom. The number of carbonyl (C=O) groups is 1. The van der Waals surface area contributed by atoms with Crippen molar-refractivity contribution in [2.45, 2.75) is 26.7 Å². The summed E-state index contributed by atoms with van der Waals surface area (Å²) < 4.78 is 1.77.